The molecule has 1 saturated heterocycles. The lowest BCUT2D eigenvalue weighted by atomic mass is 9.32. The molecule has 1 N–H and O–H groups in total. The Kier molecular flexibility index (Phi) is 8.84. The molecular formula is C37H62ClNO4. The topological polar surface area (TPSA) is 55.8 Å². The average Bonchev–Trinajstić information content (AvgIpc) is 3.31. The molecule has 43 heavy (non-hydrogen) atoms. The largest absolute Gasteiger partial charge is 1.00 e. The second kappa shape index (κ2) is 11.3. The van der Waals surface area contributed by atoms with Crippen molar-refractivity contribution < 1.29 is 36.3 Å². The van der Waals surface area contributed by atoms with E-state index in [1.165, 1.54) is 63.4 Å². The molecule has 6 heteroatoms. The number of fused-ring (bicyclic) bond motifs is 7. The van der Waals surface area contributed by atoms with Crippen molar-refractivity contribution in [2.45, 2.75) is 112 Å². The van der Waals surface area contributed by atoms with Gasteiger partial charge >= 0.3 is 5.97 Å². The number of likely N-dealkylation sites (N-methyl/N-ethyl adjacent to an activating group) is 1. The summed E-state index contributed by atoms with van der Waals surface area (Å²) in [7, 11) is 2.17. The molecule has 10 atom stereocenters. The Hall–Kier alpha value is -0.620. The summed E-state index contributed by atoms with van der Waals surface area (Å²) >= 11 is 0. The predicted octanol–water partition coefficient (Wildman–Crippen LogP) is 4.03. The van der Waals surface area contributed by atoms with Crippen LogP contribution in [0.2, 0.25) is 0 Å². The lowest BCUT2D eigenvalue weighted by Crippen LogP contribution is -3.00. The number of hydrogen-bond donors (Lipinski definition) is 1. The molecule has 1 heterocycles. The summed E-state index contributed by atoms with van der Waals surface area (Å²) < 4.78 is 12.7. The number of rotatable bonds is 5. The molecule has 5 nitrogen and oxygen atoms in total. The SMILES string of the molecule is C=C(C)[C@@H]1CC[C@]2(CO)CC[C@]3(C)C(CCC4[C@@]5(C)CC[C@H](OC(=O)C[N+]6(C)CCOCC6)C(C)(C)C5CC[C@]43C)C12.[Cl-]. The van der Waals surface area contributed by atoms with Crippen LogP contribution in [0.4, 0.5) is 0 Å². The van der Waals surface area contributed by atoms with E-state index in [1.54, 1.807) is 0 Å². The van der Waals surface area contributed by atoms with E-state index < -0.39 is 0 Å². The predicted molar refractivity (Wildman–Crippen MR) is 168 cm³/mol. The first-order valence-corrected chi connectivity index (χ1v) is 17.5. The molecule has 0 aromatic carbocycles. The van der Waals surface area contributed by atoms with Crippen LogP contribution >= 0.6 is 0 Å². The summed E-state index contributed by atoms with van der Waals surface area (Å²) in [4.78, 5) is 13.3. The fraction of sp³-hybridized carbons (Fsp3) is 0.919. The summed E-state index contributed by atoms with van der Waals surface area (Å²) in [5, 5.41) is 10.8. The molecule has 0 bridgehead atoms. The number of aliphatic hydroxyl groups excluding tert-OH is 1. The van der Waals surface area contributed by atoms with Gasteiger partial charge in [0.25, 0.3) is 0 Å². The first kappa shape index (κ1) is 33.7. The Balaban J connectivity index is 0.00000368. The van der Waals surface area contributed by atoms with E-state index in [-0.39, 0.29) is 40.7 Å². The van der Waals surface area contributed by atoms with Gasteiger partial charge in [-0.05, 0) is 122 Å². The van der Waals surface area contributed by atoms with Gasteiger partial charge in [0.2, 0.25) is 0 Å². The van der Waals surface area contributed by atoms with Crippen LogP contribution in [0.3, 0.4) is 0 Å². The van der Waals surface area contributed by atoms with Gasteiger partial charge in [-0.1, -0.05) is 46.8 Å². The van der Waals surface area contributed by atoms with Crippen molar-refractivity contribution in [1.82, 2.24) is 0 Å². The molecule has 246 valence electrons. The zero-order valence-corrected chi connectivity index (χ0v) is 29.2. The van der Waals surface area contributed by atoms with Gasteiger partial charge in [0.1, 0.15) is 19.2 Å². The maximum absolute atomic E-state index is 13.3. The Bertz CT molecular complexity index is 1090. The van der Waals surface area contributed by atoms with Crippen LogP contribution in [0.5, 0.6) is 0 Å². The van der Waals surface area contributed by atoms with Crippen molar-refractivity contribution >= 4 is 5.97 Å². The summed E-state index contributed by atoms with van der Waals surface area (Å²) in [6.07, 6.45) is 12.1. The van der Waals surface area contributed by atoms with Crippen molar-refractivity contribution in [2.75, 3.05) is 46.5 Å². The van der Waals surface area contributed by atoms with Gasteiger partial charge in [0, 0.05) is 12.0 Å². The highest BCUT2D eigenvalue weighted by molar-refractivity contribution is 5.71. The summed E-state index contributed by atoms with van der Waals surface area (Å²) in [5.41, 5.74) is 2.31. The fourth-order valence-corrected chi connectivity index (χ4v) is 13.2. The molecule has 0 amide bonds. The molecule has 0 spiro atoms. The summed E-state index contributed by atoms with van der Waals surface area (Å²) in [5.74, 6) is 3.08. The van der Waals surface area contributed by atoms with E-state index in [4.69, 9.17) is 9.47 Å². The maximum atomic E-state index is 13.3. The number of halogens is 1. The highest BCUT2D eigenvalue weighted by Gasteiger charge is 2.71. The number of esters is 1. The third kappa shape index (κ3) is 4.91. The van der Waals surface area contributed by atoms with Crippen LogP contribution in [-0.4, -0.2) is 68.2 Å². The number of carbonyl (C=O) groups excluding carboxylic acids is 1. The fourth-order valence-electron chi connectivity index (χ4n) is 13.2. The molecule has 0 aromatic rings. The molecule has 6 fully saturated rings. The highest BCUT2D eigenvalue weighted by atomic mass is 35.5. The lowest BCUT2D eigenvalue weighted by molar-refractivity contribution is -0.910. The number of hydrogen-bond acceptors (Lipinski definition) is 4. The molecule has 0 aromatic heterocycles. The number of aliphatic hydroxyl groups is 1. The molecule has 5 aliphatic carbocycles. The first-order valence-electron chi connectivity index (χ1n) is 17.5. The minimum Gasteiger partial charge on any atom is -1.00 e. The van der Waals surface area contributed by atoms with Crippen LogP contribution < -0.4 is 12.4 Å². The monoisotopic (exact) mass is 619 g/mol. The second-order valence-corrected chi connectivity index (χ2v) is 17.9. The number of carbonyl (C=O) groups is 1. The van der Waals surface area contributed by atoms with Crippen molar-refractivity contribution in [2.24, 2.45) is 56.7 Å². The molecule has 6 rings (SSSR count). The molecule has 4 unspecified atom stereocenters. The van der Waals surface area contributed by atoms with Crippen LogP contribution in [0.1, 0.15) is 106 Å². The van der Waals surface area contributed by atoms with Crippen molar-refractivity contribution in [1.29, 1.82) is 0 Å². The minimum atomic E-state index is -0.0273. The number of nitrogens with zero attached hydrogens (tertiary/aromatic N) is 1. The quantitative estimate of drug-likeness (QED) is 0.287. The number of ether oxygens (including phenoxy) is 2. The summed E-state index contributed by atoms with van der Waals surface area (Å²) in [6, 6.07) is 0. The van der Waals surface area contributed by atoms with Gasteiger partial charge in [-0.3, -0.25) is 0 Å². The maximum Gasteiger partial charge on any atom is 0.362 e. The third-order valence-corrected chi connectivity index (χ3v) is 15.8. The highest BCUT2D eigenvalue weighted by Crippen LogP contribution is 2.77. The van der Waals surface area contributed by atoms with E-state index in [0.717, 1.165) is 37.2 Å². The van der Waals surface area contributed by atoms with E-state index in [2.05, 4.69) is 55.2 Å². The Morgan fingerprint density at radius 3 is 2.26 bits per heavy atom. The Morgan fingerprint density at radius 1 is 0.907 bits per heavy atom. The third-order valence-electron chi connectivity index (χ3n) is 15.8. The van der Waals surface area contributed by atoms with Gasteiger partial charge in [-0.2, -0.15) is 0 Å². The lowest BCUT2D eigenvalue weighted by Gasteiger charge is -2.73. The van der Waals surface area contributed by atoms with Gasteiger partial charge in [-0.25, -0.2) is 4.79 Å². The first-order chi connectivity index (χ1) is 19.7. The van der Waals surface area contributed by atoms with Crippen LogP contribution in [0, 0.1) is 56.7 Å². The van der Waals surface area contributed by atoms with Crippen molar-refractivity contribution in [3.05, 3.63) is 12.2 Å². The molecular weight excluding hydrogens is 558 g/mol. The standard InChI is InChI=1S/C37H62NO4.ClH/c1-25(2)26-11-16-37(24-39)18-17-35(6)27(32(26)37)9-10-29-34(5)14-13-30(33(3,4)28(34)12-15-36(29,35)7)42-31(40)23-38(8)19-21-41-22-20-38;/h26-30,32,39H,1,9-24H2,2-8H3;1H/q+1;/p-1/t26-,27?,28?,29?,30-,32?,34-,35+,36+,37+;/m0./s1. The second-order valence-electron chi connectivity index (χ2n) is 17.9. The van der Waals surface area contributed by atoms with Gasteiger partial charge in [0.15, 0.2) is 6.54 Å². The normalized spacial score (nSPS) is 48.0. The molecule has 6 aliphatic rings. The van der Waals surface area contributed by atoms with E-state index in [1.807, 2.05) is 0 Å². The van der Waals surface area contributed by atoms with Crippen molar-refractivity contribution in [3.8, 4) is 0 Å². The Labute approximate surface area is 268 Å². The number of allylic oxidation sites excluding steroid dienone is 1. The zero-order chi connectivity index (χ0) is 30.3. The van der Waals surface area contributed by atoms with E-state index in [9.17, 15) is 9.90 Å². The smallest absolute Gasteiger partial charge is 0.362 e. The van der Waals surface area contributed by atoms with Crippen molar-refractivity contribution in [3.63, 3.8) is 0 Å². The number of morpholine rings is 1. The van der Waals surface area contributed by atoms with Crippen LogP contribution in [0.15, 0.2) is 12.2 Å². The Morgan fingerprint density at radius 2 is 1.60 bits per heavy atom. The van der Waals surface area contributed by atoms with Gasteiger partial charge in [0.05, 0.1) is 20.3 Å². The molecule has 5 saturated carbocycles. The summed E-state index contributed by atoms with van der Waals surface area (Å²) in [6.45, 7) is 23.6. The zero-order valence-electron chi connectivity index (χ0n) is 28.5. The van der Waals surface area contributed by atoms with Gasteiger partial charge < -0.3 is 31.5 Å². The average molecular weight is 620 g/mol. The molecule has 0 radical (unpaired) electrons. The number of quaternary nitrogens is 1. The van der Waals surface area contributed by atoms with Crippen LogP contribution in [-0.2, 0) is 14.3 Å². The minimum absolute atomic E-state index is 0. The van der Waals surface area contributed by atoms with Gasteiger partial charge in [-0.15, -0.1) is 0 Å². The van der Waals surface area contributed by atoms with E-state index >= 15 is 0 Å². The van der Waals surface area contributed by atoms with E-state index in [0.29, 0.717) is 53.6 Å². The molecule has 1 aliphatic heterocycles. The van der Waals surface area contributed by atoms with Crippen LogP contribution in [0.25, 0.3) is 0 Å².